The van der Waals surface area contributed by atoms with Gasteiger partial charge in [0.05, 0.1) is 5.75 Å². The van der Waals surface area contributed by atoms with E-state index in [2.05, 4.69) is 28.4 Å². The second-order valence-corrected chi connectivity index (χ2v) is 8.88. The molecule has 3 rings (SSSR count). The molecular formula is C22H26Cl2N2OS. The standard InChI is InChI=1S/C22H26Cl2N2OS/c23-20-9-6-10-21(24)19(20)15-28-16-22(27)25-13-17-7-2-3-8-18(17)14-26-11-4-1-5-12-26/h2-3,6-10H,1,4-5,11-16H2,(H,25,27). The van der Waals surface area contributed by atoms with Gasteiger partial charge in [0.25, 0.3) is 0 Å². The predicted octanol–water partition coefficient (Wildman–Crippen LogP) is 5.53. The Bertz CT molecular complexity index is 774. The zero-order chi connectivity index (χ0) is 19.8. The number of nitrogens with zero attached hydrogens (tertiary/aromatic N) is 1. The zero-order valence-electron chi connectivity index (χ0n) is 15.9. The van der Waals surface area contributed by atoms with Crippen LogP contribution in [0.4, 0.5) is 0 Å². The summed E-state index contributed by atoms with van der Waals surface area (Å²) in [5.41, 5.74) is 3.39. The highest BCUT2D eigenvalue weighted by Gasteiger charge is 2.13. The van der Waals surface area contributed by atoms with Gasteiger partial charge in [-0.05, 0) is 54.8 Å². The van der Waals surface area contributed by atoms with Crippen LogP contribution in [-0.4, -0.2) is 29.6 Å². The van der Waals surface area contributed by atoms with E-state index in [1.165, 1.54) is 55.2 Å². The maximum Gasteiger partial charge on any atom is 0.230 e. The maximum atomic E-state index is 12.3. The molecule has 1 saturated heterocycles. The molecule has 1 N–H and O–H groups in total. The molecule has 1 fully saturated rings. The Kier molecular flexibility index (Phi) is 8.53. The lowest BCUT2D eigenvalue weighted by Crippen LogP contribution is -2.30. The third-order valence-electron chi connectivity index (χ3n) is 4.98. The molecule has 1 aliphatic rings. The average molecular weight is 437 g/mol. The molecule has 0 atom stereocenters. The van der Waals surface area contributed by atoms with Crippen LogP contribution in [0.5, 0.6) is 0 Å². The van der Waals surface area contributed by atoms with E-state index in [-0.39, 0.29) is 5.91 Å². The van der Waals surface area contributed by atoms with Crippen LogP contribution in [0.1, 0.15) is 36.0 Å². The first-order valence-corrected chi connectivity index (χ1v) is 11.6. The third kappa shape index (κ3) is 6.41. The quantitative estimate of drug-likeness (QED) is 0.590. The van der Waals surface area contributed by atoms with Crippen molar-refractivity contribution in [1.29, 1.82) is 0 Å². The SMILES string of the molecule is O=C(CSCc1c(Cl)cccc1Cl)NCc1ccccc1CN1CCCCC1. The van der Waals surface area contributed by atoms with Crippen molar-refractivity contribution in [2.75, 3.05) is 18.8 Å². The molecule has 1 heterocycles. The Morgan fingerprint density at radius 2 is 1.64 bits per heavy atom. The van der Waals surface area contributed by atoms with Crippen molar-refractivity contribution in [2.24, 2.45) is 0 Å². The molecule has 0 spiro atoms. The van der Waals surface area contributed by atoms with Gasteiger partial charge in [0, 0.05) is 28.9 Å². The molecule has 6 heteroatoms. The van der Waals surface area contributed by atoms with Crippen LogP contribution in [-0.2, 0) is 23.6 Å². The lowest BCUT2D eigenvalue weighted by molar-refractivity contribution is -0.118. The van der Waals surface area contributed by atoms with Crippen LogP contribution < -0.4 is 5.32 Å². The summed E-state index contributed by atoms with van der Waals surface area (Å²) in [6.07, 6.45) is 3.91. The van der Waals surface area contributed by atoms with Gasteiger partial charge in [0.15, 0.2) is 0 Å². The zero-order valence-corrected chi connectivity index (χ0v) is 18.3. The van der Waals surface area contributed by atoms with E-state index in [0.717, 1.165) is 12.1 Å². The second-order valence-electron chi connectivity index (χ2n) is 7.08. The van der Waals surface area contributed by atoms with E-state index >= 15 is 0 Å². The fourth-order valence-corrected chi connectivity index (χ4v) is 5.00. The van der Waals surface area contributed by atoms with Gasteiger partial charge >= 0.3 is 0 Å². The summed E-state index contributed by atoms with van der Waals surface area (Å²) in [5.74, 6) is 1.04. The van der Waals surface area contributed by atoms with Gasteiger partial charge in [-0.25, -0.2) is 0 Å². The maximum absolute atomic E-state index is 12.3. The number of hydrogen-bond donors (Lipinski definition) is 1. The first-order chi connectivity index (χ1) is 13.6. The Morgan fingerprint density at radius 3 is 2.36 bits per heavy atom. The Morgan fingerprint density at radius 1 is 0.964 bits per heavy atom. The summed E-state index contributed by atoms with van der Waals surface area (Å²) < 4.78 is 0. The first-order valence-electron chi connectivity index (χ1n) is 9.70. The molecule has 0 bridgehead atoms. The number of thioether (sulfide) groups is 1. The first kappa shape index (κ1) is 21.5. The lowest BCUT2D eigenvalue weighted by Gasteiger charge is -2.27. The Labute approximate surface area is 181 Å². The van der Waals surface area contributed by atoms with Gasteiger partial charge in [0.2, 0.25) is 5.91 Å². The molecule has 0 unspecified atom stereocenters. The fourth-order valence-electron chi connectivity index (χ4n) is 3.40. The van der Waals surface area contributed by atoms with Gasteiger partial charge < -0.3 is 5.32 Å². The topological polar surface area (TPSA) is 32.3 Å². The molecule has 150 valence electrons. The summed E-state index contributed by atoms with van der Waals surface area (Å²) in [7, 11) is 0. The van der Waals surface area contributed by atoms with Gasteiger partial charge in [-0.15, -0.1) is 11.8 Å². The van der Waals surface area contributed by atoms with E-state index < -0.39 is 0 Å². The molecule has 0 aliphatic carbocycles. The molecule has 2 aromatic rings. The Hall–Kier alpha value is -1.20. The smallest absolute Gasteiger partial charge is 0.230 e. The number of hydrogen-bond acceptors (Lipinski definition) is 3. The summed E-state index contributed by atoms with van der Waals surface area (Å²) in [5, 5.41) is 4.34. The van der Waals surface area contributed by atoms with E-state index in [0.29, 0.717) is 28.1 Å². The van der Waals surface area contributed by atoms with E-state index in [1.807, 2.05) is 24.3 Å². The lowest BCUT2D eigenvalue weighted by atomic mass is 10.0. The molecule has 1 amide bonds. The van der Waals surface area contributed by atoms with Crippen molar-refractivity contribution in [3.8, 4) is 0 Å². The molecule has 0 aromatic heterocycles. The van der Waals surface area contributed by atoms with Crippen LogP contribution in [0, 0.1) is 0 Å². The fraction of sp³-hybridized carbons (Fsp3) is 0.409. The number of carbonyl (C=O) groups is 1. The number of nitrogens with one attached hydrogen (secondary N) is 1. The monoisotopic (exact) mass is 436 g/mol. The van der Waals surface area contributed by atoms with Gasteiger partial charge in [-0.2, -0.15) is 0 Å². The number of benzene rings is 2. The molecule has 3 nitrogen and oxygen atoms in total. The predicted molar refractivity (Wildman–Crippen MR) is 120 cm³/mol. The largest absolute Gasteiger partial charge is 0.351 e. The highest BCUT2D eigenvalue weighted by Crippen LogP contribution is 2.28. The van der Waals surface area contributed by atoms with Crippen LogP contribution in [0.3, 0.4) is 0 Å². The van der Waals surface area contributed by atoms with Crippen molar-refractivity contribution in [1.82, 2.24) is 10.2 Å². The molecule has 0 radical (unpaired) electrons. The number of likely N-dealkylation sites (tertiary alicyclic amines) is 1. The molecular weight excluding hydrogens is 411 g/mol. The normalized spacial score (nSPS) is 14.8. The summed E-state index contributed by atoms with van der Waals surface area (Å²) >= 11 is 13.9. The molecule has 0 saturated carbocycles. The number of halogens is 2. The Balaban J connectivity index is 1.46. The van der Waals surface area contributed by atoms with Crippen molar-refractivity contribution >= 4 is 40.9 Å². The van der Waals surface area contributed by atoms with E-state index in [1.54, 1.807) is 0 Å². The third-order valence-corrected chi connectivity index (χ3v) is 6.65. The van der Waals surface area contributed by atoms with Gasteiger partial charge in [0.1, 0.15) is 0 Å². The number of piperidine rings is 1. The minimum Gasteiger partial charge on any atom is -0.351 e. The van der Waals surface area contributed by atoms with Gasteiger partial charge in [-0.1, -0.05) is 60.0 Å². The van der Waals surface area contributed by atoms with Crippen LogP contribution in [0.15, 0.2) is 42.5 Å². The van der Waals surface area contributed by atoms with Crippen molar-refractivity contribution in [2.45, 2.75) is 38.1 Å². The second kappa shape index (κ2) is 11.1. The minimum atomic E-state index is 0.0287. The molecule has 28 heavy (non-hydrogen) atoms. The summed E-state index contributed by atoms with van der Waals surface area (Å²) in [6, 6.07) is 13.9. The van der Waals surface area contributed by atoms with Crippen LogP contribution in [0.2, 0.25) is 10.0 Å². The minimum absolute atomic E-state index is 0.0287. The van der Waals surface area contributed by atoms with E-state index in [9.17, 15) is 4.79 Å². The molecule has 1 aliphatic heterocycles. The molecule has 2 aromatic carbocycles. The summed E-state index contributed by atoms with van der Waals surface area (Å²) in [4.78, 5) is 14.8. The van der Waals surface area contributed by atoms with Crippen molar-refractivity contribution in [3.05, 3.63) is 69.2 Å². The number of rotatable bonds is 8. The van der Waals surface area contributed by atoms with Crippen molar-refractivity contribution in [3.63, 3.8) is 0 Å². The van der Waals surface area contributed by atoms with E-state index in [4.69, 9.17) is 23.2 Å². The summed E-state index contributed by atoms with van der Waals surface area (Å²) in [6.45, 7) is 3.87. The number of carbonyl (C=O) groups excluding carboxylic acids is 1. The highest BCUT2D eigenvalue weighted by molar-refractivity contribution is 7.99. The average Bonchev–Trinajstić information content (AvgIpc) is 2.70. The van der Waals surface area contributed by atoms with Crippen LogP contribution >= 0.6 is 35.0 Å². The van der Waals surface area contributed by atoms with Gasteiger partial charge in [-0.3, -0.25) is 9.69 Å². The van der Waals surface area contributed by atoms with Crippen molar-refractivity contribution < 1.29 is 4.79 Å². The highest BCUT2D eigenvalue weighted by atomic mass is 35.5. The van der Waals surface area contributed by atoms with Crippen LogP contribution in [0.25, 0.3) is 0 Å². The number of amides is 1.